The van der Waals surface area contributed by atoms with E-state index < -0.39 is 0 Å². The standard InChI is InChI=1S/C11H19NO2/c1-8-9(2)14-10(13)11(8)4-6-12(3)7-5-11/h8-9H,4-7H2,1-3H3. The highest BCUT2D eigenvalue weighted by molar-refractivity contribution is 5.79. The molecule has 0 aromatic rings. The first-order valence-electron chi connectivity index (χ1n) is 5.46. The Hall–Kier alpha value is -0.570. The van der Waals surface area contributed by atoms with Crippen molar-refractivity contribution in [3.05, 3.63) is 0 Å². The van der Waals surface area contributed by atoms with Crippen molar-refractivity contribution >= 4 is 5.97 Å². The van der Waals surface area contributed by atoms with Crippen LogP contribution in [0.1, 0.15) is 26.7 Å². The maximum Gasteiger partial charge on any atom is 0.312 e. The third kappa shape index (κ3) is 1.26. The smallest absolute Gasteiger partial charge is 0.312 e. The minimum absolute atomic E-state index is 0.0469. The van der Waals surface area contributed by atoms with Gasteiger partial charge in [-0.15, -0.1) is 0 Å². The van der Waals surface area contributed by atoms with E-state index in [1.54, 1.807) is 0 Å². The molecule has 2 atom stereocenters. The highest BCUT2D eigenvalue weighted by Gasteiger charge is 2.54. The Balaban J connectivity index is 2.18. The van der Waals surface area contributed by atoms with Gasteiger partial charge in [0, 0.05) is 5.92 Å². The third-order valence-electron chi connectivity index (χ3n) is 4.15. The summed E-state index contributed by atoms with van der Waals surface area (Å²) < 4.78 is 5.34. The van der Waals surface area contributed by atoms with Gasteiger partial charge in [0.05, 0.1) is 5.41 Å². The van der Waals surface area contributed by atoms with Crippen LogP contribution in [0.3, 0.4) is 0 Å². The molecular formula is C11H19NO2. The average Bonchev–Trinajstić information content (AvgIpc) is 2.36. The second kappa shape index (κ2) is 3.23. The maximum atomic E-state index is 11.8. The topological polar surface area (TPSA) is 29.5 Å². The van der Waals surface area contributed by atoms with E-state index in [1.165, 1.54) is 0 Å². The van der Waals surface area contributed by atoms with Crippen LogP contribution in [0.25, 0.3) is 0 Å². The van der Waals surface area contributed by atoms with Gasteiger partial charge in [-0.05, 0) is 39.9 Å². The van der Waals surface area contributed by atoms with E-state index in [4.69, 9.17) is 4.74 Å². The Morgan fingerprint density at radius 2 is 1.93 bits per heavy atom. The SMILES string of the molecule is CC1OC(=O)C2(CCN(C)CC2)C1C. The van der Waals surface area contributed by atoms with E-state index in [2.05, 4.69) is 18.9 Å². The summed E-state index contributed by atoms with van der Waals surface area (Å²) in [5.41, 5.74) is -0.161. The number of piperidine rings is 1. The largest absolute Gasteiger partial charge is 0.462 e. The molecular weight excluding hydrogens is 178 g/mol. The number of carbonyl (C=O) groups excluding carboxylic acids is 1. The van der Waals surface area contributed by atoms with Crippen LogP contribution in [0.15, 0.2) is 0 Å². The number of rotatable bonds is 0. The molecule has 2 heterocycles. The molecule has 2 aliphatic heterocycles. The maximum absolute atomic E-state index is 11.8. The van der Waals surface area contributed by atoms with Crippen LogP contribution >= 0.6 is 0 Å². The Morgan fingerprint density at radius 3 is 2.36 bits per heavy atom. The summed E-state index contributed by atoms with van der Waals surface area (Å²) in [6.45, 7) is 6.20. The quantitative estimate of drug-likeness (QED) is 0.548. The summed E-state index contributed by atoms with van der Waals surface area (Å²) in [4.78, 5) is 14.1. The van der Waals surface area contributed by atoms with Gasteiger partial charge >= 0.3 is 5.97 Å². The molecule has 0 aromatic heterocycles. The van der Waals surface area contributed by atoms with Crippen LogP contribution in [0.5, 0.6) is 0 Å². The predicted octanol–water partition coefficient (Wildman–Crippen LogP) is 1.28. The molecule has 0 bridgehead atoms. The first-order chi connectivity index (χ1) is 6.56. The van der Waals surface area contributed by atoms with Gasteiger partial charge in [0.15, 0.2) is 0 Å². The molecule has 0 aromatic carbocycles. The predicted molar refractivity (Wildman–Crippen MR) is 53.9 cm³/mol. The summed E-state index contributed by atoms with van der Waals surface area (Å²) in [5.74, 6) is 0.425. The molecule has 0 amide bonds. The van der Waals surface area contributed by atoms with E-state index in [0.29, 0.717) is 5.92 Å². The summed E-state index contributed by atoms with van der Waals surface area (Å²) in [6, 6.07) is 0. The van der Waals surface area contributed by atoms with Gasteiger partial charge in [-0.3, -0.25) is 4.79 Å². The van der Waals surface area contributed by atoms with Crippen molar-refractivity contribution in [3.63, 3.8) is 0 Å². The first-order valence-corrected chi connectivity index (χ1v) is 5.46. The minimum atomic E-state index is -0.161. The lowest BCUT2D eigenvalue weighted by Gasteiger charge is -2.37. The van der Waals surface area contributed by atoms with Crippen molar-refractivity contribution in [1.82, 2.24) is 4.90 Å². The molecule has 3 heteroatoms. The zero-order valence-corrected chi connectivity index (χ0v) is 9.25. The fourth-order valence-corrected chi connectivity index (χ4v) is 2.70. The summed E-state index contributed by atoms with van der Waals surface area (Å²) in [6.07, 6.45) is 2.03. The molecule has 3 nitrogen and oxygen atoms in total. The highest BCUT2D eigenvalue weighted by atomic mass is 16.6. The number of hydrogen-bond donors (Lipinski definition) is 0. The molecule has 2 fully saturated rings. The number of esters is 1. The number of cyclic esters (lactones) is 1. The average molecular weight is 197 g/mol. The van der Waals surface area contributed by atoms with E-state index in [-0.39, 0.29) is 17.5 Å². The summed E-state index contributed by atoms with van der Waals surface area (Å²) in [7, 11) is 2.11. The van der Waals surface area contributed by atoms with Gasteiger partial charge in [-0.2, -0.15) is 0 Å². The van der Waals surface area contributed by atoms with Gasteiger partial charge in [0.25, 0.3) is 0 Å². The van der Waals surface area contributed by atoms with E-state index in [0.717, 1.165) is 25.9 Å². The second-order valence-electron chi connectivity index (χ2n) is 4.86. The Bertz CT molecular complexity index is 244. The molecule has 2 unspecified atom stereocenters. The van der Waals surface area contributed by atoms with Gasteiger partial charge < -0.3 is 9.64 Å². The lowest BCUT2D eigenvalue weighted by molar-refractivity contribution is -0.150. The monoisotopic (exact) mass is 197 g/mol. The van der Waals surface area contributed by atoms with Crippen LogP contribution in [0.4, 0.5) is 0 Å². The van der Waals surface area contributed by atoms with Crippen molar-refractivity contribution in [3.8, 4) is 0 Å². The molecule has 1 spiro atoms. The Kier molecular flexibility index (Phi) is 2.30. The number of ether oxygens (including phenoxy) is 1. The lowest BCUT2D eigenvalue weighted by atomic mass is 9.69. The van der Waals surface area contributed by atoms with E-state index in [9.17, 15) is 4.79 Å². The zero-order chi connectivity index (χ0) is 10.3. The van der Waals surface area contributed by atoms with Crippen LogP contribution < -0.4 is 0 Å². The fourth-order valence-electron chi connectivity index (χ4n) is 2.70. The van der Waals surface area contributed by atoms with Crippen molar-refractivity contribution in [1.29, 1.82) is 0 Å². The number of carbonyl (C=O) groups is 1. The lowest BCUT2D eigenvalue weighted by Crippen LogP contribution is -2.44. The number of hydrogen-bond acceptors (Lipinski definition) is 3. The van der Waals surface area contributed by atoms with Gasteiger partial charge in [-0.1, -0.05) is 6.92 Å². The molecule has 2 saturated heterocycles. The van der Waals surface area contributed by atoms with Crippen LogP contribution in [-0.2, 0) is 9.53 Å². The molecule has 80 valence electrons. The van der Waals surface area contributed by atoms with Gasteiger partial charge in [0.1, 0.15) is 6.10 Å². The fraction of sp³-hybridized carbons (Fsp3) is 0.909. The molecule has 14 heavy (non-hydrogen) atoms. The molecule has 0 N–H and O–H groups in total. The van der Waals surface area contributed by atoms with Crippen LogP contribution in [0.2, 0.25) is 0 Å². The first kappa shape index (κ1) is 9.97. The molecule has 2 aliphatic rings. The number of likely N-dealkylation sites (tertiary alicyclic amines) is 1. The van der Waals surface area contributed by atoms with Gasteiger partial charge in [0.2, 0.25) is 0 Å². The molecule has 0 aliphatic carbocycles. The van der Waals surface area contributed by atoms with Crippen molar-refractivity contribution in [2.75, 3.05) is 20.1 Å². The second-order valence-corrected chi connectivity index (χ2v) is 4.86. The van der Waals surface area contributed by atoms with Crippen molar-refractivity contribution < 1.29 is 9.53 Å². The van der Waals surface area contributed by atoms with Gasteiger partial charge in [-0.25, -0.2) is 0 Å². The van der Waals surface area contributed by atoms with E-state index in [1.807, 2.05) is 6.92 Å². The molecule has 0 saturated carbocycles. The normalized spacial score (nSPS) is 37.5. The molecule has 2 rings (SSSR count). The Morgan fingerprint density at radius 1 is 1.36 bits per heavy atom. The third-order valence-corrected chi connectivity index (χ3v) is 4.15. The van der Waals surface area contributed by atoms with Crippen LogP contribution in [-0.4, -0.2) is 37.1 Å². The van der Waals surface area contributed by atoms with E-state index >= 15 is 0 Å². The summed E-state index contributed by atoms with van der Waals surface area (Å²) >= 11 is 0. The Labute approximate surface area is 85.4 Å². The number of nitrogens with zero attached hydrogens (tertiary/aromatic N) is 1. The van der Waals surface area contributed by atoms with Crippen molar-refractivity contribution in [2.45, 2.75) is 32.8 Å². The highest BCUT2D eigenvalue weighted by Crippen LogP contribution is 2.46. The van der Waals surface area contributed by atoms with Crippen molar-refractivity contribution in [2.24, 2.45) is 11.3 Å². The zero-order valence-electron chi connectivity index (χ0n) is 9.25. The van der Waals surface area contributed by atoms with Crippen LogP contribution in [0, 0.1) is 11.3 Å². The minimum Gasteiger partial charge on any atom is -0.462 e. The summed E-state index contributed by atoms with van der Waals surface area (Å²) in [5, 5.41) is 0. The molecule has 0 radical (unpaired) electrons.